The van der Waals surface area contributed by atoms with Gasteiger partial charge in [0.1, 0.15) is 17.5 Å². The molecule has 5 nitrogen and oxygen atoms in total. The molecule has 2 heterocycles. The molecule has 0 saturated heterocycles. The Morgan fingerprint density at radius 1 is 1.35 bits per heavy atom. The molecular weight excluding hydrogens is 252 g/mol. The van der Waals surface area contributed by atoms with Gasteiger partial charge in [0.2, 0.25) is 0 Å². The van der Waals surface area contributed by atoms with Gasteiger partial charge in [-0.1, -0.05) is 18.5 Å². The molecule has 3 rings (SSSR count). The first kappa shape index (κ1) is 12.9. The first-order chi connectivity index (χ1) is 9.80. The maximum absolute atomic E-state index is 8.81. The van der Waals surface area contributed by atoms with Gasteiger partial charge in [0.05, 0.1) is 0 Å². The van der Waals surface area contributed by atoms with E-state index >= 15 is 0 Å². The fraction of sp³-hybridized carbons (Fsp3) is 0.533. The maximum Gasteiger partial charge on any atom is 0.274 e. The zero-order valence-electron chi connectivity index (χ0n) is 11.6. The van der Waals surface area contributed by atoms with Crippen LogP contribution in [-0.4, -0.2) is 15.1 Å². The fourth-order valence-electron chi connectivity index (χ4n) is 2.92. The van der Waals surface area contributed by atoms with Crippen LogP contribution < -0.4 is 0 Å². The minimum absolute atomic E-state index is 0.417. The quantitative estimate of drug-likeness (QED) is 0.923. The minimum atomic E-state index is 0.417. The van der Waals surface area contributed by atoms with Crippen molar-refractivity contribution in [1.82, 2.24) is 15.1 Å². The van der Waals surface area contributed by atoms with Crippen LogP contribution in [0.4, 0.5) is 0 Å². The lowest BCUT2D eigenvalue weighted by atomic mass is 9.80. The second kappa shape index (κ2) is 5.49. The van der Waals surface area contributed by atoms with E-state index < -0.39 is 0 Å². The third-order valence-corrected chi connectivity index (χ3v) is 4.27. The van der Waals surface area contributed by atoms with Crippen molar-refractivity contribution in [1.29, 1.82) is 5.26 Å². The lowest BCUT2D eigenvalue weighted by molar-refractivity contribution is 0.305. The van der Waals surface area contributed by atoms with Gasteiger partial charge >= 0.3 is 0 Å². The van der Waals surface area contributed by atoms with Gasteiger partial charge in [0.15, 0.2) is 5.82 Å². The molecule has 0 spiro atoms. The zero-order valence-corrected chi connectivity index (χ0v) is 11.6. The molecule has 0 radical (unpaired) electrons. The highest BCUT2D eigenvalue weighted by molar-refractivity contribution is 5.49. The van der Waals surface area contributed by atoms with Crippen molar-refractivity contribution in [2.24, 2.45) is 5.92 Å². The SMILES string of the molecule is CCC1CCC(c2noc(-c3ccc(C#N)[nH]3)n2)CC1. The van der Waals surface area contributed by atoms with Crippen molar-refractivity contribution < 1.29 is 4.52 Å². The molecule has 0 unspecified atom stereocenters. The van der Waals surface area contributed by atoms with E-state index in [1.54, 1.807) is 12.1 Å². The van der Waals surface area contributed by atoms with Crippen molar-refractivity contribution in [3.63, 3.8) is 0 Å². The average molecular weight is 270 g/mol. The van der Waals surface area contributed by atoms with Crippen LogP contribution in [0.25, 0.3) is 11.6 Å². The number of nitrogens with zero attached hydrogens (tertiary/aromatic N) is 3. The summed E-state index contributed by atoms with van der Waals surface area (Å²) in [5.74, 6) is 2.56. The Hall–Kier alpha value is -2.09. The number of nitriles is 1. The van der Waals surface area contributed by atoms with Gasteiger partial charge in [0.25, 0.3) is 5.89 Å². The van der Waals surface area contributed by atoms with E-state index in [2.05, 4.69) is 28.1 Å². The van der Waals surface area contributed by atoms with E-state index in [1.807, 2.05) is 0 Å². The molecule has 2 aromatic rings. The lowest BCUT2D eigenvalue weighted by Crippen LogP contribution is -2.13. The summed E-state index contributed by atoms with van der Waals surface area (Å²) in [6.07, 6.45) is 6.07. The Bertz CT molecular complexity index is 614. The van der Waals surface area contributed by atoms with E-state index in [1.165, 1.54) is 19.3 Å². The van der Waals surface area contributed by atoms with Gasteiger partial charge < -0.3 is 9.51 Å². The Labute approximate surface area is 118 Å². The second-order valence-electron chi connectivity index (χ2n) is 5.48. The van der Waals surface area contributed by atoms with E-state index in [0.29, 0.717) is 23.2 Å². The molecule has 0 aromatic carbocycles. The van der Waals surface area contributed by atoms with Gasteiger partial charge in [-0.25, -0.2) is 0 Å². The predicted octanol–water partition coefficient (Wildman–Crippen LogP) is 3.62. The smallest absolute Gasteiger partial charge is 0.274 e. The van der Waals surface area contributed by atoms with Crippen molar-refractivity contribution in [2.45, 2.75) is 44.9 Å². The van der Waals surface area contributed by atoms with Gasteiger partial charge in [-0.2, -0.15) is 10.2 Å². The molecule has 0 bridgehead atoms. The van der Waals surface area contributed by atoms with Crippen molar-refractivity contribution in [3.05, 3.63) is 23.7 Å². The maximum atomic E-state index is 8.81. The first-order valence-electron chi connectivity index (χ1n) is 7.23. The molecule has 5 heteroatoms. The minimum Gasteiger partial charge on any atom is -0.342 e. The normalized spacial score (nSPS) is 22.6. The third kappa shape index (κ3) is 2.46. The summed E-state index contributed by atoms with van der Waals surface area (Å²) in [5, 5.41) is 12.9. The Morgan fingerprint density at radius 2 is 2.15 bits per heavy atom. The van der Waals surface area contributed by atoms with Crippen LogP contribution in [-0.2, 0) is 0 Å². The van der Waals surface area contributed by atoms with Crippen molar-refractivity contribution in [3.8, 4) is 17.7 Å². The van der Waals surface area contributed by atoms with Gasteiger partial charge in [-0.05, 0) is 43.7 Å². The molecule has 1 saturated carbocycles. The second-order valence-corrected chi connectivity index (χ2v) is 5.48. The summed E-state index contributed by atoms with van der Waals surface area (Å²) in [6.45, 7) is 2.26. The topological polar surface area (TPSA) is 78.5 Å². The molecule has 1 fully saturated rings. The predicted molar refractivity (Wildman–Crippen MR) is 73.8 cm³/mol. The monoisotopic (exact) mass is 270 g/mol. The number of rotatable bonds is 3. The Kier molecular flexibility index (Phi) is 3.55. The number of nitrogens with one attached hydrogen (secondary N) is 1. The largest absolute Gasteiger partial charge is 0.342 e. The van der Waals surface area contributed by atoms with Crippen molar-refractivity contribution in [2.75, 3.05) is 0 Å². The van der Waals surface area contributed by atoms with E-state index in [9.17, 15) is 0 Å². The van der Waals surface area contributed by atoms with Crippen LogP contribution in [0.3, 0.4) is 0 Å². The summed E-state index contributed by atoms with van der Waals surface area (Å²) in [7, 11) is 0. The highest BCUT2D eigenvalue weighted by atomic mass is 16.5. The number of aromatic nitrogens is 3. The van der Waals surface area contributed by atoms with E-state index in [0.717, 1.165) is 24.6 Å². The molecule has 0 atom stereocenters. The van der Waals surface area contributed by atoms with Gasteiger partial charge in [-0.3, -0.25) is 0 Å². The van der Waals surface area contributed by atoms with Gasteiger partial charge in [0, 0.05) is 5.92 Å². The molecule has 2 aromatic heterocycles. The number of aromatic amines is 1. The first-order valence-corrected chi connectivity index (χ1v) is 7.23. The van der Waals surface area contributed by atoms with Crippen LogP contribution in [0.5, 0.6) is 0 Å². The summed E-state index contributed by atoms with van der Waals surface area (Å²) in [6, 6.07) is 5.56. The molecule has 1 N–H and O–H groups in total. The van der Waals surface area contributed by atoms with Crippen molar-refractivity contribution >= 4 is 0 Å². The summed E-state index contributed by atoms with van der Waals surface area (Å²) in [4.78, 5) is 7.44. The van der Waals surface area contributed by atoms with E-state index in [4.69, 9.17) is 9.78 Å². The number of hydrogen-bond donors (Lipinski definition) is 1. The molecule has 1 aliphatic rings. The molecule has 104 valence electrons. The standard InChI is InChI=1S/C15H18N4O/c1-2-10-3-5-11(6-4-10)14-18-15(20-19-14)13-8-7-12(9-16)17-13/h7-8,10-11,17H,2-6H2,1H3. The average Bonchev–Trinajstić information content (AvgIpc) is 3.16. The number of hydrogen-bond acceptors (Lipinski definition) is 4. The van der Waals surface area contributed by atoms with Crippen LogP contribution in [0, 0.1) is 17.2 Å². The van der Waals surface area contributed by atoms with Crippen LogP contribution in [0.15, 0.2) is 16.7 Å². The van der Waals surface area contributed by atoms with Crippen LogP contribution >= 0.6 is 0 Å². The molecule has 0 amide bonds. The Balaban J connectivity index is 1.72. The Morgan fingerprint density at radius 3 is 2.80 bits per heavy atom. The summed E-state index contributed by atoms with van der Waals surface area (Å²) >= 11 is 0. The highest BCUT2D eigenvalue weighted by Gasteiger charge is 2.25. The van der Waals surface area contributed by atoms with Crippen LogP contribution in [0.1, 0.15) is 56.5 Å². The summed E-state index contributed by atoms with van der Waals surface area (Å²) < 4.78 is 5.31. The zero-order chi connectivity index (χ0) is 13.9. The number of H-pyrrole nitrogens is 1. The highest BCUT2D eigenvalue weighted by Crippen LogP contribution is 2.36. The lowest BCUT2D eigenvalue weighted by Gasteiger charge is -2.25. The van der Waals surface area contributed by atoms with E-state index in [-0.39, 0.29) is 0 Å². The molecular formula is C15H18N4O. The summed E-state index contributed by atoms with van der Waals surface area (Å²) in [5.41, 5.74) is 1.21. The molecule has 20 heavy (non-hydrogen) atoms. The van der Waals surface area contributed by atoms with Crippen LogP contribution in [0.2, 0.25) is 0 Å². The third-order valence-electron chi connectivity index (χ3n) is 4.27. The van der Waals surface area contributed by atoms with Gasteiger partial charge in [-0.15, -0.1) is 0 Å². The molecule has 1 aliphatic carbocycles. The fourth-order valence-corrected chi connectivity index (χ4v) is 2.92. The molecule has 0 aliphatic heterocycles.